The Morgan fingerprint density at radius 1 is 0.491 bits per heavy atom. The molecule has 0 saturated carbocycles. The molecule has 0 atom stereocenters. The second-order valence-electron chi connectivity index (χ2n) is 19.1. The third kappa shape index (κ3) is 7.26. The molecule has 0 amide bonds. The minimum Gasteiger partial charge on any atom is -0.0757 e. The minimum atomic E-state index is 0.0794. The summed E-state index contributed by atoms with van der Waals surface area (Å²) in [4.78, 5) is 0. The van der Waals surface area contributed by atoms with Gasteiger partial charge in [0.2, 0.25) is 0 Å². The van der Waals surface area contributed by atoms with E-state index in [-0.39, 0.29) is 16.2 Å². The molecule has 0 aromatic heterocycles. The summed E-state index contributed by atoms with van der Waals surface area (Å²) in [6.07, 6.45) is 23.5. The molecule has 0 bridgehead atoms. The lowest BCUT2D eigenvalue weighted by Gasteiger charge is -2.34. The lowest BCUT2D eigenvalue weighted by Crippen LogP contribution is -2.26. The normalized spacial score (nSPS) is 15.2. The Balaban J connectivity index is 1.32. The van der Waals surface area contributed by atoms with Gasteiger partial charge in [0.05, 0.1) is 0 Å². The van der Waals surface area contributed by atoms with Crippen molar-refractivity contribution in [1.29, 1.82) is 0 Å². The fourth-order valence-electron chi connectivity index (χ4n) is 10.1. The number of fused-ring (bicyclic) bond motifs is 6. The summed E-state index contributed by atoms with van der Waals surface area (Å²) in [7, 11) is 0. The third-order valence-electron chi connectivity index (χ3n) is 13.2. The standard InChI is InChI=1S/C53H68/c1-9-11-13-15-17-19-32-53(33-20-18-16-14-12-10-2)48-34-37(24-27-42(48)43-29-26-39(36-49(43)53)52(6,7)8)40-30-31-46-41-28-25-38(51(3,4)5)35-47(41)45-23-21-22-44(40)50(45)46/h23-31,34-36H,9-22,32-33H2,1-8H3. The first kappa shape index (κ1) is 37.9. The Kier molecular flexibility index (Phi) is 11.0. The Morgan fingerprint density at radius 3 is 1.62 bits per heavy atom. The number of hydrogen-bond acceptors (Lipinski definition) is 0. The summed E-state index contributed by atoms with van der Waals surface area (Å²) >= 11 is 0. The molecule has 280 valence electrons. The molecular weight excluding hydrogens is 637 g/mol. The topological polar surface area (TPSA) is 0 Å². The van der Waals surface area contributed by atoms with Crippen molar-refractivity contribution < 1.29 is 0 Å². The number of allylic oxidation sites excluding steroid dienone is 1. The Morgan fingerprint density at radius 2 is 1.00 bits per heavy atom. The molecule has 53 heavy (non-hydrogen) atoms. The Hall–Kier alpha value is -3.38. The maximum absolute atomic E-state index is 2.69. The van der Waals surface area contributed by atoms with E-state index in [1.807, 2.05) is 0 Å². The average molecular weight is 705 g/mol. The first-order chi connectivity index (χ1) is 25.5. The van der Waals surface area contributed by atoms with Crippen LogP contribution in [0.5, 0.6) is 0 Å². The van der Waals surface area contributed by atoms with E-state index in [9.17, 15) is 0 Å². The highest BCUT2D eigenvalue weighted by molar-refractivity contribution is 6.04. The molecule has 0 spiro atoms. The van der Waals surface area contributed by atoms with Gasteiger partial charge in [0.15, 0.2) is 0 Å². The van der Waals surface area contributed by atoms with E-state index in [4.69, 9.17) is 0 Å². The monoisotopic (exact) mass is 705 g/mol. The molecule has 0 aliphatic heterocycles. The van der Waals surface area contributed by atoms with Crippen molar-refractivity contribution in [3.63, 3.8) is 0 Å². The fraction of sp³-hybridized carbons (Fsp3) is 0.509. The largest absolute Gasteiger partial charge is 0.0757 e. The van der Waals surface area contributed by atoms with Gasteiger partial charge in [0, 0.05) is 5.41 Å². The molecule has 4 aromatic rings. The highest BCUT2D eigenvalue weighted by Gasteiger charge is 2.43. The number of unbranched alkanes of at least 4 members (excludes halogenated alkanes) is 10. The summed E-state index contributed by atoms with van der Waals surface area (Å²) in [5.74, 6) is 0. The summed E-state index contributed by atoms with van der Waals surface area (Å²) < 4.78 is 0. The fourth-order valence-corrected chi connectivity index (χ4v) is 10.1. The molecule has 0 nitrogen and oxygen atoms in total. The maximum Gasteiger partial charge on any atom is 0.0215 e. The van der Waals surface area contributed by atoms with Crippen LogP contribution in [0, 0.1) is 0 Å². The van der Waals surface area contributed by atoms with Crippen LogP contribution in [0.2, 0.25) is 0 Å². The maximum atomic E-state index is 2.69. The van der Waals surface area contributed by atoms with E-state index in [1.54, 1.807) is 16.7 Å². The summed E-state index contributed by atoms with van der Waals surface area (Å²) in [5, 5.41) is 0. The number of rotatable bonds is 15. The van der Waals surface area contributed by atoms with Gasteiger partial charge in [-0.05, 0) is 127 Å². The van der Waals surface area contributed by atoms with Gasteiger partial charge in [-0.15, -0.1) is 0 Å². The van der Waals surface area contributed by atoms with E-state index < -0.39 is 0 Å². The van der Waals surface area contributed by atoms with Gasteiger partial charge in [-0.25, -0.2) is 0 Å². The molecular formula is C53H68. The molecule has 7 rings (SSSR count). The Bertz CT molecular complexity index is 1950. The van der Waals surface area contributed by atoms with Crippen LogP contribution < -0.4 is 0 Å². The van der Waals surface area contributed by atoms with Crippen molar-refractivity contribution in [3.8, 4) is 33.4 Å². The van der Waals surface area contributed by atoms with Gasteiger partial charge < -0.3 is 0 Å². The smallest absolute Gasteiger partial charge is 0.0215 e. The predicted octanol–water partition coefficient (Wildman–Crippen LogP) is 16.1. The quantitative estimate of drug-likeness (QED) is 0.0952. The number of hydrogen-bond donors (Lipinski definition) is 0. The van der Waals surface area contributed by atoms with Crippen molar-refractivity contribution in [2.45, 2.75) is 174 Å². The molecule has 3 aliphatic rings. The summed E-state index contributed by atoms with van der Waals surface area (Å²) in [6.45, 7) is 18.9. The van der Waals surface area contributed by atoms with Crippen LogP contribution in [0.15, 0.2) is 72.8 Å². The zero-order valence-electron chi connectivity index (χ0n) is 34.7. The Labute approximate surface area is 323 Å². The summed E-state index contributed by atoms with van der Waals surface area (Å²) in [6, 6.07) is 27.5. The van der Waals surface area contributed by atoms with Crippen molar-refractivity contribution in [2.24, 2.45) is 0 Å². The molecule has 4 aromatic carbocycles. The molecule has 0 unspecified atom stereocenters. The number of benzene rings is 4. The van der Waals surface area contributed by atoms with Gasteiger partial charge in [-0.3, -0.25) is 0 Å². The van der Waals surface area contributed by atoms with E-state index in [1.165, 1.54) is 151 Å². The highest BCUT2D eigenvalue weighted by atomic mass is 14.5. The van der Waals surface area contributed by atoms with Crippen LogP contribution in [0.25, 0.3) is 39.0 Å². The van der Waals surface area contributed by atoms with Gasteiger partial charge in [-0.1, -0.05) is 193 Å². The first-order valence-electron chi connectivity index (χ1n) is 21.8. The van der Waals surface area contributed by atoms with Crippen LogP contribution in [0.3, 0.4) is 0 Å². The second-order valence-corrected chi connectivity index (χ2v) is 19.1. The van der Waals surface area contributed by atoms with Crippen LogP contribution in [0.1, 0.15) is 191 Å². The van der Waals surface area contributed by atoms with Crippen LogP contribution in [0.4, 0.5) is 0 Å². The molecule has 0 heteroatoms. The lowest BCUT2D eigenvalue weighted by molar-refractivity contribution is 0.397. The van der Waals surface area contributed by atoms with Crippen molar-refractivity contribution >= 4 is 5.57 Å². The van der Waals surface area contributed by atoms with Gasteiger partial charge in [0.1, 0.15) is 0 Å². The zero-order chi connectivity index (χ0) is 37.4. The van der Waals surface area contributed by atoms with Gasteiger partial charge in [-0.2, -0.15) is 0 Å². The van der Waals surface area contributed by atoms with Crippen molar-refractivity contribution in [3.05, 3.63) is 112 Å². The third-order valence-corrected chi connectivity index (χ3v) is 13.2. The van der Waals surface area contributed by atoms with E-state index in [0.29, 0.717) is 0 Å². The van der Waals surface area contributed by atoms with Gasteiger partial charge in [0.25, 0.3) is 0 Å². The second kappa shape index (κ2) is 15.4. The lowest BCUT2D eigenvalue weighted by atomic mass is 9.69. The molecule has 0 saturated heterocycles. The molecule has 0 fully saturated rings. The zero-order valence-corrected chi connectivity index (χ0v) is 34.7. The van der Waals surface area contributed by atoms with E-state index in [0.717, 1.165) is 12.8 Å². The predicted molar refractivity (Wildman–Crippen MR) is 232 cm³/mol. The molecule has 0 N–H and O–H groups in total. The average Bonchev–Trinajstić information content (AvgIpc) is 3.60. The minimum absolute atomic E-state index is 0.0794. The van der Waals surface area contributed by atoms with Crippen LogP contribution in [-0.2, 0) is 22.7 Å². The van der Waals surface area contributed by atoms with E-state index in [2.05, 4.69) is 128 Å². The molecule has 0 radical (unpaired) electrons. The van der Waals surface area contributed by atoms with Crippen molar-refractivity contribution in [2.75, 3.05) is 0 Å². The van der Waals surface area contributed by atoms with Crippen LogP contribution in [-0.4, -0.2) is 0 Å². The van der Waals surface area contributed by atoms with E-state index >= 15 is 0 Å². The highest BCUT2D eigenvalue weighted by Crippen LogP contribution is 2.57. The molecule has 3 aliphatic carbocycles. The van der Waals surface area contributed by atoms with Crippen molar-refractivity contribution in [1.82, 2.24) is 0 Å². The molecule has 0 heterocycles. The summed E-state index contributed by atoms with van der Waals surface area (Å²) in [5.41, 5.74) is 21.3. The van der Waals surface area contributed by atoms with Crippen LogP contribution >= 0.6 is 0 Å². The SMILES string of the molecule is CCCCCCCCC1(CCCCCCCC)c2cc(-c3ccc4c5c3CCC=C5c3cc(C(C)(C)C)ccc3-4)ccc2-c2ccc(C(C)(C)C)cc21. The first-order valence-corrected chi connectivity index (χ1v) is 21.8. The van der Waals surface area contributed by atoms with Gasteiger partial charge >= 0.3 is 0 Å².